The molecule has 0 unspecified atom stereocenters. The molecule has 0 aromatic heterocycles. The Morgan fingerprint density at radius 3 is 2.12 bits per heavy atom. The molecular formula is C14H12O2S. The van der Waals surface area contributed by atoms with Crippen LogP contribution in [-0.2, 0) is 0 Å². The largest absolute Gasteiger partial charge is 0.418 e. The van der Waals surface area contributed by atoms with Gasteiger partial charge in [0.2, 0.25) is 0 Å². The van der Waals surface area contributed by atoms with Gasteiger partial charge in [0, 0.05) is 0 Å². The Morgan fingerprint density at radius 2 is 1.53 bits per heavy atom. The molecule has 0 spiro atoms. The molecule has 0 aliphatic carbocycles. The number of benzene rings is 2. The number of hydrogen-bond acceptors (Lipinski definition) is 3. The highest BCUT2D eigenvalue weighted by Crippen LogP contribution is 2.22. The van der Waals surface area contributed by atoms with E-state index in [4.69, 9.17) is 4.74 Å². The molecule has 2 nitrogen and oxygen atoms in total. The van der Waals surface area contributed by atoms with E-state index in [1.807, 2.05) is 42.5 Å². The lowest BCUT2D eigenvalue weighted by atomic mass is 10.1. The van der Waals surface area contributed by atoms with E-state index in [0.717, 1.165) is 22.9 Å². The topological polar surface area (TPSA) is 26.3 Å². The van der Waals surface area contributed by atoms with Gasteiger partial charge in [-0.1, -0.05) is 42.5 Å². The minimum Gasteiger partial charge on any atom is -0.418 e. The maximum Gasteiger partial charge on any atom is 0.372 e. The third-order valence-corrected chi connectivity index (χ3v) is 2.75. The highest BCUT2D eigenvalue weighted by atomic mass is 32.2. The molecule has 0 N–H and O–H groups in total. The van der Waals surface area contributed by atoms with Gasteiger partial charge in [-0.05, 0) is 41.3 Å². The standard InChI is InChI=1S/C14H12O2S/c1-17-14(15)16-13-9-7-12(8-10-13)11-5-3-2-4-6-11/h2-10H,1H3. The summed E-state index contributed by atoms with van der Waals surface area (Å²) >= 11 is 1.06. The van der Waals surface area contributed by atoms with Crippen molar-refractivity contribution in [2.75, 3.05) is 6.26 Å². The van der Waals surface area contributed by atoms with Gasteiger partial charge in [-0.15, -0.1) is 0 Å². The van der Waals surface area contributed by atoms with Crippen molar-refractivity contribution >= 4 is 17.1 Å². The van der Waals surface area contributed by atoms with E-state index >= 15 is 0 Å². The maximum atomic E-state index is 11.1. The molecule has 0 saturated heterocycles. The second-order valence-corrected chi connectivity index (χ2v) is 4.19. The maximum absolute atomic E-state index is 11.1. The molecule has 17 heavy (non-hydrogen) atoms. The monoisotopic (exact) mass is 244 g/mol. The van der Waals surface area contributed by atoms with Gasteiger partial charge < -0.3 is 4.74 Å². The summed E-state index contributed by atoms with van der Waals surface area (Å²) in [4.78, 5) is 11.1. The summed E-state index contributed by atoms with van der Waals surface area (Å²) < 4.78 is 5.08. The molecule has 2 aromatic carbocycles. The zero-order chi connectivity index (χ0) is 12.1. The minimum atomic E-state index is -0.294. The highest BCUT2D eigenvalue weighted by Gasteiger charge is 2.02. The number of rotatable bonds is 2. The Kier molecular flexibility index (Phi) is 3.83. The molecule has 86 valence electrons. The van der Waals surface area contributed by atoms with Crippen LogP contribution in [0.15, 0.2) is 54.6 Å². The van der Waals surface area contributed by atoms with Crippen LogP contribution in [0.5, 0.6) is 5.75 Å². The zero-order valence-corrected chi connectivity index (χ0v) is 10.2. The third-order valence-electron chi connectivity index (χ3n) is 2.33. The van der Waals surface area contributed by atoms with Crippen LogP contribution in [0.3, 0.4) is 0 Å². The van der Waals surface area contributed by atoms with Crippen LogP contribution in [0, 0.1) is 0 Å². The zero-order valence-electron chi connectivity index (χ0n) is 9.42. The Bertz CT molecular complexity index is 491. The van der Waals surface area contributed by atoms with E-state index in [1.54, 1.807) is 18.4 Å². The predicted octanol–water partition coefficient (Wildman–Crippen LogP) is 4.22. The summed E-state index contributed by atoms with van der Waals surface area (Å²) in [5.74, 6) is 0.573. The van der Waals surface area contributed by atoms with Crippen LogP contribution < -0.4 is 4.74 Å². The number of thioether (sulfide) groups is 1. The molecule has 0 fully saturated rings. The van der Waals surface area contributed by atoms with Crippen molar-refractivity contribution in [1.82, 2.24) is 0 Å². The first-order valence-electron chi connectivity index (χ1n) is 5.21. The van der Waals surface area contributed by atoms with Crippen LogP contribution in [0.2, 0.25) is 0 Å². The van der Waals surface area contributed by atoms with Crippen LogP contribution in [-0.4, -0.2) is 11.6 Å². The van der Waals surface area contributed by atoms with E-state index in [0.29, 0.717) is 5.75 Å². The average Bonchev–Trinajstić information content (AvgIpc) is 2.40. The first-order valence-corrected chi connectivity index (χ1v) is 6.43. The fourth-order valence-corrected chi connectivity index (χ4v) is 1.66. The second kappa shape index (κ2) is 5.55. The van der Waals surface area contributed by atoms with Gasteiger partial charge in [0.1, 0.15) is 5.75 Å². The van der Waals surface area contributed by atoms with Crippen molar-refractivity contribution in [3.8, 4) is 16.9 Å². The summed E-state index contributed by atoms with van der Waals surface area (Å²) in [6.45, 7) is 0. The summed E-state index contributed by atoms with van der Waals surface area (Å²) in [6.07, 6.45) is 1.70. The molecule has 0 heterocycles. The van der Waals surface area contributed by atoms with Crippen molar-refractivity contribution in [2.45, 2.75) is 0 Å². The summed E-state index contributed by atoms with van der Waals surface area (Å²) in [5.41, 5.74) is 2.25. The average molecular weight is 244 g/mol. The number of carbonyl (C=O) groups excluding carboxylic acids is 1. The smallest absolute Gasteiger partial charge is 0.372 e. The van der Waals surface area contributed by atoms with E-state index < -0.39 is 0 Å². The van der Waals surface area contributed by atoms with E-state index in [2.05, 4.69) is 0 Å². The van der Waals surface area contributed by atoms with Gasteiger partial charge in [-0.2, -0.15) is 0 Å². The molecule has 0 aliphatic rings. The molecule has 2 aromatic rings. The van der Waals surface area contributed by atoms with Crippen LogP contribution in [0.1, 0.15) is 0 Å². The van der Waals surface area contributed by atoms with Gasteiger partial charge in [0.25, 0.3) is 0 Å². The van der Waals surface area contributed by atoms with Gasteiger partial charge in [0.05, 0.1) is 0 Å². The Balaban J connectivity index is 2.16. The fourth-order valence-electron chi connectivity index (χ4n) is 1.48. The first kappa shape index (κ1) is 11.7. The molecule has 0 atom stereocenters. The lowest BCUT2D eigenvalue weighted by molar-refractivity contribution is 0.227. The first-order chi connectivity index (χ1) is 8.29. The van der Waals surface area contributed by atoms with Crippen molar-refractivity contribution in [2.24, 2.45) is 0 Å². The fraction of sp³-hybridized carbons (Fsp3) is 0.0714. The normalized spacial score (nSPS) is 9.94. The Labute approximate surface area is 105 Å². The molecule has 0 bridgehead atoms. The van der Waals surface area contributed by atoms with Crippen molar-refractivity contribution in [3.05, 3.63) is 54.6 Å². The van der Waals surface area contributed by atoms with Crippen LogP contribution in [0.25, 0.3) is 11.1 Å². The SMILES string of the molecule is CSC(=O)Oc1ccc(-c2ccccc2)cc1. The number of carbonyl (C=O) groups is 1. The molecule has 0 saturated carbocycles. The highest BCUT2D eigenvalue weighted by molar-refractivity contribution is 8.12. The Morgan fingerprint density at radius 1 is 0.941 bits per heavy atom. The van der Waals surface area contributed by atoms with Crippen molar-refractivity contribution in [1.29, 1.82) is 0 Å². The van der Waals surface area contributed by atoms with E-state index in [9.17, 15) is 4.79 Å². The van der Waals surface area contributed by atoms with E-state index in [1.165, 1.54) is 0 Å². The van der Waals surface area contributed by atoms with Gasteiger partial charge in [0.15, 0.2) is 0 Å². The number of hydrogen-bond donors (Lipinski definition) is 0. The third kappa shape index (κ3) is 3.11. The second-order valence-electron chi connectivity index (χ2n) is 3.45. The summed E-state index contributed by atoms with van der Waals surface area (Å²) in [5, 5.41) is -0.294. The molecule has 3 heteroatoms. The summed E-state index contributed by atoms with van der Waals surface area (Å²) in [7, 11) is 0. The number of ether oxygens (including phenoxy) is 1. The molecule has 2 rings (SSSR count). The van der Waals surface area contributed by atoms with Gasteiger partial charge >= 0.3 is 5.30 Å². The molecule has 0 aliphatic heterocycles. The quantitative estimate of drug-likeness (QED) is 0.740. The minimum absolute atomic E-state index is 0.294. The predicted molar refractivity (Wildman–Crippen MR) is 71.4 cm³/mol. The lowest BCUT2D eigenvalue weighted by Gasteiger charge is -2.04. The summed E-state index contributed by atoms with van der Waals surface area (Å²) in [6, 6.07) is 17.6. The molecule has 0 amide bonds. The Hall–Kier alpha value is -1.74. The van der Waals surface area contributed by atoms with E-state index in [-0.39, 0.29) is 5.30 Å². The lowest BCUT2D eigenvalue weighted by Crippen LogP contribution is -1.98. The molecule has 0 radical (unpaired) electrons. The van der Waals surface area contributed by atoms with Crippen LogP contribution in [0.4, 0.5) is 4.79 Å². The van der Waals surface area contributed by atoms with Crippen LogP contribution >= 0.6 is 11.8 Å². The molecular weight excluding hydrogens is 232 g/mol. The van der Waals surface area contributed by atoms with Crippen molar-refractivity contribution in [3.63, 3.8) is 0 Å². The van der Waals surface area contributed by atoms with Crippen molar-refractivity contribution < 1.29 is 9.53 Å². The van der Waals surface area contributed by atoms with Gasteiger partial charge in [-0.3, -0.25) is 0 Å². The van der Waals surface area contributed by atoms with Gasteiger partial charge in [-0.25, -0.2) is 4.79 Å².